The molecular weight excluding hydrogens is 382 g/mol. The second-order valence-electron chi connectivity index (χ2n) is 8.09. The van der Waals surface area contributed by atoms with Gasteiger partial charge in [-0.15, -0.1) is 0 Å². The number of rotatable bonds is 5. The summed E-state index contributed by atoms with van der Waals surface area (Å²) in [7, 11) is 4.13. The van der Waals surface area contributed by atoms with Gasteiger partial charge >= 0.3 is 0 Å². The van der Waals surface area contributed by atoms with Gasteiger partial charge in [0.1, 0.15) is 5.52 Å². The molecule has 0 aliphatic rings. The molecule has 0 N–H and O–H groups in total. The van der Waals surface area contributed by atoms with Gasteiger partial charge in [0.15, 0.2) is 5.58 Å². The first-order valence-electron chi connectivity index (χ1n) is 10.9. The van der Waals surface area contributed by atoms with E-state index in [-0.39, 0.29) is 0 Å². The lowest BCUT2D eigenvalue weighted by molar-refractivity contribution is 0.623. The highest BCUT2D eigenvalue weighted by Crippen LogP contribution is 2.38. The van der Waals surface area contributed by atoms with E-state index >= 15 is 0 Å². The van der Waals surface area contributed by atoms with Crippen LogP contribution in [0.25, 0.3) is 44.1 Å². The van der Waals surface area contributed by atoms with Crippen LogP contribution in [0.4, 0.5) is 11.4 Å². The molecule has 0 fully saturated rings. The lowest BCUT2D eigenvalue weighted by Crippen LogP contribution is -2.21. The molecule has 0 saturated carbocycles. The molecule has 0 unspecified atom stereocenters. The summed E-state index contributed by atoms with van der Waals surface area (Å²) in [6.45, 7) is 6.34. The van der Waals surface area contributed by atoms with E-state index in [0.29, 0.717) is 5.89 Å². The Hall–Kier alpha value is -3.53. The molecule has 0 saturated heterocycles. The molecule has 1 aromatic heterocycles. The molecule has 0 bridgehead atoms. The molecule has 31 heavy (non-hydrogen) atoms. The lowest BCUT2D eigenvalue weighted by Gasteiger charge is -2.20. The summed E-state index contributed by atoms with van der Waals surface area (Å²) in [4.78, 5) is 9.42. The van der Waals surface area contributed by atoms with Gasteiger partial charge in [0.25, 0.3) is 0 Å². The van der Waals surface area contributed by atoms with Crippen molar-refractivity contribution in [1.29, 1.82) is 0 Å². The average molecular weight is 410 g/mol. The Balaban J connectivity index is 1.72. The summed E-state index contributed by atoms with van der Waals surface area (Å²) in [5.41, 5.74) is 5.16. The highest BCUT2D eigenvalue weighted by atomic mass is 16.3. The minimum atomic E-state index is 0.662. The Kier molecular flexibility index (Phi) is 4.78. The first kappa shape index (κ1) is 19.4. The van der Waals surface area contributed by atoms with Gasteiger partial charge in [0.05, 0.1) is 0 Å². The Bertz CT molecular complexity index is 1380. The van der Waals surface area contributed by atoms with Crippen molar-refractivity contribution >= 4 is 44.0 Å². The number of hydrogen-bond donors (Lipinski definition) is 0. The Morgan fingerprint density at radius 1 is 0.742 bits per heavy atom. The number of aromatic nitrogens is 1. The third-order valence-electron chi connectivity index (χ3n) is 6.11. The number of nitrogens with zero attached hydrogens (tertiary/aromatic N) is 3. The smallest absolute Gasteiger partial charge is 0.227 e. The van der Waals surface area contributed by atoms with Crippen LogP contribution in [0.3, 0.4) is 0 Å². The fourth-order valence-electron chi connectivity index (χ4n) is 4.37. The summed E-state index contributed by atoms with van der Waals surface area (Å²) < 4.78 is 6.37. The summed E-state index contributed by atoms with van der Waals surface area (Å²) in [6, 6.07) is 23.5. The van der Waals surface area contributed by atoms with Gasteiger partial charge < -0.3 is 14.2 Å². The Morgan fingerprint density at radius 2 is 1.42 bits per heavy atom. The first-order chi connectivity index (χ1) is 15.1. The molecule has 0 spiro atoms. The molecule has 0 aliphatic heterocycles. The number of hydrogen-bond acceptors (Lipinski definition) is 4. The van der Waals surface area contributed by atoms with Crippen LogP contribution in [0.5, 0.6) is 0 Å². The molecule has 0 radical (unpaired) electrons. The Morgan fingerprint density at radius 3 is 2.10 bits per heavy atom. The van der Waals surface area contributed by atoms with Crippen LogP contribution in [0, 0.1) is 0 Å². The van der Waals surface area contributed by atoms with Crippen LogP contribution in [0.1, 0.15) is 13.8 Å². The van der Waals surface area contributed by atoms with Crippen LogP contribution in [-0.2, 0) is 0 Å². The molecule has 156 valence electrons. The monoisotopic (exact) mass is 409 g/mol. The summed E-state index contributed by atoms with van der Waals surface area (Å²) in [5, 5.41) is 4.60. The van der Waals surface area contributed by atoms with Gasteiger partial charge in [0.2, 0.25) is 5.89 Å². The van der Waals surface area contributed by atoms with E-state index in [2.05, 4.69) is 104 Å². The molecule has 0 atom stereocenters. The zero-order chi connectivity index (χ0) is 21.5. The fourth-order valence-corrected chi connectivity index (χ4v) is 4.37. The zero-order valence-corrected chi connectivity index (χ0v) is 18.5. The SMILES string of the molecule is CCN(CC)c1ccc(-c2nc3c4ccc(N(C)C)cc4c4ccccc4c3o2)cc1. The van der Waals surface area contributed by atoms with Crippen LogP contribution in [0.15, 0.2) is 71.1 Å². The van der Waals surface area contributed by atoms with E-state index in [0.717, 1.165) is 40.5 Å². The minimum absolute atomic E-state index is 0.662. The normalized spacial score (nSPS) is 11.5. The fraction of sp³-hybridized carbons (Fsp3) is 0.222. The zero-order valence-electron chi connectivity index (χ0n) is 18.5. The van der Waals surface area contributed by atoms with Crippen molar-refractivity contribution in [3.63, 3.8) is 0 Å². The molecule has 4 nitrogen and oxygen atoms in total. The molecule has 5 rings (SSSR count). The van der Waals surface area contributed by atoms with E-state index in [1.165, 1.54) is 22.1 Å². The molecule has 0 aliphatic carbocycles. The third-order valence-corrected chi connectivity index (χ3v) is 6.11. The Labute approximate surface area is 182 Å². The summed E-state index contributed by atoms with van der Waals surface area (Å²) in [5.74, 6) is 0.662. The highest BCUT2D eigenvalue weighted by molar-refractivity contribution is 6.23. The molecule has 0 amide bonds. The van der Waals surface area contributed by atoms with Gasteiger partial charge in [-0.3, -0.25) is 0 Å². The number of fused-ring (bicyclic) bond motifs is 6. The van der Waals surface area contributed by atoms with E-state index in [1.54, 1.807) is 0 Å². The molecule has 4 aromatic carbocycles. The van der Waals surface area contributed by atoms with E-state index in [9.17, 15) is 0 Å². The largest absolute Gasteiger partial charge is 0.435 e. The molecule has 1 heterocycles. The molecular formula is C27H27N3O. The van der Waals surface area contributed by atoms with E-state index in [1.807, 2.05) is 0 Å². The lowest BCUT2D eigenvalue weighted by atomic mass is 10.00. The number of anilines is 2. The first-order valence-corrected chi connectivity index (χ1v) is 10.9. The maximum atomic E-state index is 6.37. The topological polar surface area (TPSA) is 32.5 Å². The number of benzene rings is 4. The van der Waals surface area contributed by atoms with E-state index in [4.69, 9.17) is 9.40 Å². The van der Waals surface area contributed by atoms with Crippen LogP contribution in [0.2, 0.25) is 0 Å². The van der Waals surface area contributed by atoms with Crippen molar-refractivity contribution in [2.75, 3.05) is 37.0 Å². The molecule has 4 heteroatoms. The van der Waals surface area contributed by atoms with Gasteiger partial charge in [-0.1, -0.05) is 24.3 Å². The maximum absolute atomic E-state index is 6.37. The predicted molar refractivity (Wildman–Crippen MR) is 132 cm³/mol. The summed E-state index contributed by atoms with van der Waals surface area (Å²) >= 11 is 0. The standard InChI is InChI=1S/C27H27N3O/c1-5-30(6-2)19-13-11-18(12-14-19)27-28-25-22-16-15-20(29(3)4)17-24(22)21-9-7-8-10-23(21)26(25)31-27/h7-17H,5-6H2,1-4H3. The van der Waals surface area contributed by atoms with Gasteiger partial charge in [-0.25, -0.2) is 4.98 Å². The second-order valence-corrected chi connectivity index (χ2v) is 8.09. The second kappa shape index (κ2) is 7.62. The van der Waals surface area contributed by atoms with Gasteiger partial charge in [0, 0.05) is 54.9 Å². The van der Waals surface area contributed by atoms with Crippen LogP contribution in [-0.4, -0.2) is 32.2 Å². The van der Waals surface area contributed by atoms with Crippen LogP contribution >= 0.6 is 0 Å². The van der Waals surface area contributed by atoms with Crippen molar-refractivity contribution in [1.82, 2.24) is 4.98 Å². The molecule has 5 aromatic rings. The highest BCUT2D eigenvalue weighted by Gasteiger charge is 2.16. The van der Waals surface area contributed by atoms with Crippen molar-refractivity contribution in [2.24, 2.45) is 0 Å². The minimum Gasteiger partial charge on any atom is -0.435 e. The van der Waals surface area contributed by atoms with Gasteiger partial charge in [-0.2, -0.15) is 0 Å². The van der Waals surface area contributed by atoms with Crippen molar-refractivity contribution in [3.05, 3.63) is 66.7 Å². The van der Waals surface area contributed by atoms with Crippen LogP contribution < -0.4 is 9.80 Å². The maximum Gasteiger partial charge on any atom is 0.227 e. The number of oxazole rings is 1. The predicted octanol–water partition coefficient (Wildman–Crippen LogP) is 6.71. The van der Waals surface area contributed by atoms with Crippen molar-refractivity contribution < 1.29 is 4.42 Å². The average Bonchev–Trinajstić information content (AvgIpc) is 3.26. The quantitative estimate of drug-likeness (QED) is 0.302. The van der Waals surface area contributed by atoms with Gasteiger partial charge in [-0.05, 0) is 67.1 Å². The van der Waals surface area contributed by atoms with Crippen molar-refractivity contribution in [2.45, 2.75) is 13.8 Å². The third kappa shape index (κ3) is 3.19. The van der Waals surface area contributed by atoms with Crippen molar-refractivity contribution in [3.8, 4) is 11.5 Å². The van der Waals surface area contributed by atoms with E-state index < -0.39 is 0 Å². The summed E-state index contributed by atoms with van der Waals surface area (Å²) in [6.07, 6.45) is 0.